The van der Waals surface area contributed by atoms with Crippen molar-refractivity contribution < 1.29 is 24.0 Å². The highest BCUT2D eigenvalue weighted by Crippen LogP contribution is 2.37. The number of hydrogen-bond donors (Lipinski definition) is 2. The number of non-ortho nitro benzene ring substituents is 1. The molecule has 10 nitrogen and oxygen atoms in total. The van der Waals surface area contributed by atoms with E-state index >= 15 is 0 Å². The molecule has 3 amide bonds. The van der Waals surface area contributed by atoms with Crippen LogP contribution >= 0.6 is 0 Å². The van der Waals surface area contributed by atoms with Crippen molar-refractivity contribution in [2.24, 2.45) is 0 Å². The molecule has 1 aliphatic rings. The molecule has 1 heterocycles. The largest absolute Gasteiger partial charge is 0.478 e. The number of nitrogens with one attached hydrogen (secondary N) is 2. The molecule has 0 fully saturated rings. The van der Waals surface area contributed by atoms with E-state index in [-0.39, 0.29) is 23.8 Å². The SMILES string of the molecule is CCC1Oc2ccc([N+](=O)[O-])cc2N(CC(=O)Nc2ccc(NC(C)=O)cc2)C1=O. The molecule has 3 rings (SSSR count). The summed E-state index contributed by atoms with van der Waals surface area (Å²) in [6.07, 6.45) is -0.387. The molecular weight excluding hydrogens is 392 g/mol. The molecule has 0 aliphatic carbocycles. The third-order valence-electron chi connectivity index (χ3n) is 4.42. The zero-order chi connectivity index (χ0) is 21.8. The number of rotatable bonds is 6. The summed E-state index contributed by atoms with van der Waals surface area (Å²) >= 11 is 0. The van der Waals surface area contributed by atoms with Crippen molar-refractivity contribution in [3.63, 3.8) is 0 Å². The first-order chi connectivity index (χ1) is 14.3. The number of carbonyl (C=O) groups excluding carboxylic acids is 3. The highest BCUT2D eigenvalue weighted by molar-refractivity contribution is 6.06. The molecule has 2 N–H and O–H groups in total. The summed E-state index contributed by atoms with van der Waals surface area (Å²) in [6, 6.07) is 10.4. The molecule has 0 bridgehead atoms. The van der Waals surface area contributed by atoms with Crippen LogP contribution in [0.15, 0.2) is 42.5 Å². The van der Waals surface area contributed by atoms with E-state index < -0.39 is 22.8 Å². The maximum Gasteiger partial charge on any atom is 0.271 e. The highest BCUT2D eigenvalue weighted by atomic mass is 16.6. The summed E-state index contributed by atoms with van der Waals surface area (Å²) in [5.74, 6) is -0.832. The first-order valence-electron chi connectivity index (χ1n) is 9.22. The molecule has 1 atom stereocenters. The molecule has 156 valence electrons. The molecule has 2 aromatic carbocycles. The van der Waals surface area contributed by atoms with Crippen LogP contribution in [-0.4, -0.2) is 35.3 Å². The summed E-state index contributed by atoms with van der Waals surface area (Å²) in [7, 11) is 0. The molecule has 10 heteroatoms. The minimum Gasteiger partial charge on any atom is -0.478 e. The van der Waals surface area contributed by atoms with E-state index in [1.54, 1.807) is 31.2 Å². The van der Waals surface area contributed by atoms with Gasteiger partial charge in [0.15, 0.2) is 6.10 Å². The number of fused-ring (bicyclic) bond motifs is 1. The van der Waals surface area contributed by atoms with Gasteiger partial charge in [-0.2, -0.15) is 0 Å². The summed E-state index contributed by atoms with van der Waals surface area (Å²) in [5.41, 5.74) is 1.02. The Kier molecular flexibility index (Phi) is 5.95. The quantitative estimate of drug-likeness (QED) is 0.554. The zero-order valence-electron chi connectivity index (χ0n) is 16.4. The molecular formula is C20H20N4O6. The van der Waals surface area contributed by atoms with Gasteiger partial charge in [0.25, 0.3) is 11.6 Å². The molecule has 0 spiro atoms. The fourth-order valence-electron chi connectivity index (χ4n) is 3.03. The zero-order valence-corrected chi connectivity index (χ0v) is 16.4. The summed E-state index contributed by atoms with van der Waals surface area (Å²) in [5, 5.41) is 16.4. The second-order valence-electron chi connectivity index (χ2n) is 6.65. The normalized spacial score (nSPS) is 15.1. The monoisotopic (exact) mass is 412 g/mol. The maximum absolute atomic E-state index is 12.7. The van der Waals surface area contributed by atoms with Gasteiger partial charge in [0.1, 0.15) is 12.3 Å². The van der Waals surface area contributed by atoms with E-state index in [1.807, 2.05) is 0 Å². The van der Waals surface area contributed by atoms with Gasteiger partial charge in [0.05, 0.1) is 10.6 Å². The van der Waals surface area contributed by atoms with Gasteiger partial charge in [-0.3, -0.25) is 29.4 Å². The van der Waals surface area contributed by atoms with Gasteiger partial charge in [0, 0.05) is 30.4 Å². The average molecular weight is 412 g/mol. The summed E-state index contributed by atoms with van der Waals surface area (Å²) < 4.78 is 5.62. The lowest BCUT2D eigenvalue weighted by atomic mass is 10.1. The maximum atomic E-state index is 12.7. The van der Waals surface area contributed by atoms with E-state index in [0.29, 0.717) is 23.5 Å². The molecule has 0 aromatic heterocycles. The Labute approximate surface area is 172 Å². The third-order valence-corrected chi connectivity index (χ3v) is 4.42. The third kappa shape index (κ3) is 4.54. The van der Waals surface area contributed by atoms with E-state index in [2.05, 4.69) is 10.6 Å². The Morgan fingerprint density at radius 2 is 1.77 bits per heavy atom. The van der Waals surface area contributed by atoms with Crippen molar-refractivity contribution in [1.29, 1.82) is 0 Å². The number of ether oxygens (including phenoxy) is 1. The molecule has 2 aromatic rings. The number of nitrogens with zero attached hydrogens (tertiary/aromatic N) is 2. The van der Waals surface area contributed by atoms with Crippen molar-refractivity contribution in [2.45, 2.75) is 26.4 Å². The summed E-state index contributed by atoms with van der Waals surface area (Å²) in [6.45, 7) is 2.83. The van der Waals surface area contributed by atoms with Crippen molar-refractivity contribution in [1.82, 2.24) is 0 Å². The van der Waals surface area contributed by atoms with Gasteiger partial charge in [-0.1, -0.05) is 6.92 Å². The van der Waals surface area contributed by atoms with Crippen molar-refractivity contribution in [3.05, 3.63) is 52.6 Å². The van der Waals surface area contributed by atoms with Crippen LogP contribution in [0.5, 0.6) is 5.75 Å². The molecule has 30 heavy (non-hydrogen) atoms. The minimum atomic E-state index is -0.774. The number of nitro benzene ring substituents is 1. The number of benzene rings is 2. The molecule has 1 unspecified atom stereocenters. The molecule has 1 aliphatic heterocycles. The van der Waals surface area contributed by atoms with Crippen LogP contribution in [0.4, 0.5) is 22.7 Å². The Balaban J connectivity index is 1.79. The number of anilines is 3. The summed E-state index contributed by atoms with van der Waals surface area (Å²) in [4.78, 5) is 48.1. The van der Waals surface area contributed by atoms with Crippen LogP contribution in [0, 0.1) is 10.1 Å². The van der Waals surface area contributed by atoms with E-state index in [4.69, 9.17) is 4.74 Å². The Hall–Kier alpha value is -3.95. The predicted molar refractivity (Wildman–Crippen MR) is 110 cm³/mol. The first kappa shape index (κ1) is 20.8. The fraction of sp³-hybridized carbons (Fsp3) is 0.250. The standard InChI is InChI=1S/C20H20N4O6/c1-3-17-20(27)23(16-10-15(24(28)29)8-9-18(16)30-17)11-19(26)22-14-6-4-13(5-7-14)21-12(2)25/h4-10,17H,3,11H2,1-2H3,(H,21,25)(H,22,26). The number of carbonyl (C=O) groups is 3. The fourth-order valence-corrected chi connectivity index (χ4v) is 3.03. The van der Waals surface area contributed by atoms with E-state index in [9.17, 15) is 24.5 Å². The van der Waals surface area contributed by atoms with Gasteiger partial charge in [-0.25, -0.2) is 0 Å². The van der Waals surface area contributed by atoms with Crippen molar-refractivity contribution in [2.75, 3.05) is 22.1 Å². The highest BCUT2D eigenvalue weighted by Gasteiger charge is 2.35. The smallest absolute Gasteiger partial charge is 0.271 e. The van der Waals surface area contributed by atoms with Crippen molar-refractivity contribution >= 4 is 40.5 Å². The number of hydrogen-bond acceptors (Lipinski definition) is 6. The lowest BCUT2D eigenvalue weighted by molar-refractivity contribution is -0.384. The lowest BCUT2D eigenvalue weighted by Crippen LogP contribution is -2.48. The van der Waals surface area contributed by atoms with Crippen LogP contribution in [0.1, 0.15) is 20.3 Å². The number of amides is 3. The minimum absolute atomic E-state index is 0.176. The van der Waals surface area contributed by atoms with Gasteiger partial charge in [-0.15, -0.1) is 0 Å². The number of nitro groups is 1. The molecule has 0 saturated carbocycles. The molecule has 0 radical (unpaired) electrons. The van der Waals surface area contributed by atoms with Crippen LogP contribution in [-0.2, 0) is 14.4 Å². The van der Waals surface area contributed by atoms with Crippen LogP contribution < -0.4 is 20.3 Å². The van der Waals surface area contributed by atoms with Crippen LogP contribution in [0.3, 0.4) is 0 Å². The first-order valence-corrected chi connectivity index (χ1v) is 9.22. The lowest BCUT2D eigenvalue weighted by Gasteiger charge is -2.33. The van der Waals surface area contributed by atoms with E-state index in [0.717, 1.165) is 0 Å². The van der Waals surface area contributed by atoms with E-state index in [1.165, 1.54) is 30.0 Å². The van der Waals surface area contributed by atoms with Crippen LogP contribution in [0.2, 0.25) is 0 Å². The topological polar surface area (TPSA) is 131 Å². The van der Waals surface area contributed by atoms with Crippen LogP contribution in [0.25, 0.3) is 0 Å². The Bertz CT molecular complexity index is 1000. The van der Waals surface area contributed by atoms with Crippen molar-refractivity contribution in [3.8, 4) is 5.75 Å². The average Bonchev–Trinajstić information content (AvgIpc) is 2.70. The van der Waals surface area contributed by atoms with Gasteiger partial charge in [0.2, 0.25) is 11.8 Å². The second-order valence-corrected chi connectivity index (χ2v) is 6.65. The van der Waals surface area contributed by atoms with Gasteiger partial charge >= 0.3 is 0 Å². The Morgan fingerprint density at radius 3 is 2.33 bits per heavy atom. The Morgan fingerprint density at radius 1 is 1.13 bits per heavy atom. The predicted octanol–water partition coefficient (Wildman–Crippen LogP) is 2.70. The molecule has 0 saturated heterocycles. The van der Waals surface area contributed by atoms with Gasteiger partial charge < -0.3 is 15.4 Å². The second kappa shape index (κ2) is 8.60. The van der Waals surface area contributed by atoms with Gasteiger partial charge in [-0.05, 0) is 36.8 Å².